The van der Waals surface area contributed by atoms with Crippen LogP contribution >= 0.6 is 0 Å². The molecular formula is C22H26N4O. The van der Waals surface area contributed by atoms with Gasteiger partial charge >= 0.3 is 0 Å². The molecule has 0 aliphatic carbocycles. The second-order valence-electron chi connectivity index (χ2n) is 7.44. The summed E-state index contributed by atoms with van der Waals surface area (Å²) in [4.78, 5) is 19.1. The Kier molecular flexibility index (Phi) is 5.10. The van der Waals surface area contributed by atoms with Crippen molar-refractivity contribution in [3.05, 3.63) is 54.9 Å². The van der Waals surface area contributed by atoms with Gasteiger partial charge in [0.15, 0.2) is 0 Å². The Morgan fingerprint density at radius 3 is 2.63 bits per heavy atom. The lowest BCUT2D eigenvalue weighted by Gasteiger charge is -2.32. The first kappa shape index (κ1) is 17.6. The molecular weight excluding hydrogens is 336 g/mol. The summed E-state index contributed by atoms with van der Waals surface area (Å²) in [5, 5.41) is 3.00. The monoisotopic (exact) mass is 362 g/mol. The van der Waals surface area contributed by atoms with Crippen molar-refractivity contribution >= 4 is 28.3 Å². The fourth-order valence-electron chi connectivity index (χ4n) is 3.66. The molecule has 0 saturated carbocycles. The van der Waals surface area contributed by atoms with E-state index < -0.39 is 0 Å². The quantitative estimate of drug-likeness (QED) is 0.736. The van der Waals surface area contributed by atoms with Gasteiger partial charge in [0.2, 0.25) is 5.91 Å². The van der Waals surface area contributed by atoms with Gasteiger partial charge in [-0.25, -0.2) is 4.98 Å². The van der Waals surface area contributed by atoms with Crippen molar-refractivity contribution in [2.45, 2.75) is 32.7 Å². The second kappa shape index (κ2) is 7.82. The molecule has 0 atom stereocenters. The summed E-state index contributed by atoms with van der Waals surface area (Å²) < 4.78 is 2.02. The number of aryl methyl sites for hydroxylation is 1. The smallest absolute Gasteiger partial charge is 0.226 e. The molecule has 1 aliphatic rings. The molecule has 140 valence electrons. The lowest BCUT2D eigenvalue weighted by Crippen LogP contribution is -2.32. The van der Waals surface area contributed by atoms with Crippen LogP contribution in [0.25, 0.3) is 11.0 Å². The molecule has 4 rings (SSSR count). The molecule has 1 saturated heterocycles. The largest absolute Gasteiger partial charge is 0.372 e. The minimum absolute atomic E-state index is 0.0207. The minimum Gasteiger partial charge on any atom is -0.372 e. The summed E-state index contributed by atoms with van der Waals surface area (Å²) in [5.41, 5.74) is 4.11. The van der Waals surface area contributed by atoms with Gasteiger partial charge in [0.1, 0.15) is 0 Å². The summed E-state index contributed by atoms with van der Waals surface area (Å²) in [6.45, 7) is 5.18. The maximum atomic E-state index is 12.3. The van der Waals surface area contributed by atoms with Crippen LogP contribution in [-0.4, -0.2) is 28.5 Å². The highest BCUT2D eigenvalue weighted by molar-refractivity contribution is 5.91. The fraction of sp³-hybridized carbons (Fsp3) is 0.364. The van der Waals surface area contributed by atoms with Crippen LogP contribution in [0.5, 0.6) is 0 Å². The standard InChI is InChI=1S/C22H26N4O/c1-17-10-13-25(14-11-17)19-8-6-18(7-9-19)24-22(27)12-15-26-16-23-20-4-2-3-5-21(20)26/h2-9,16-17H,10-15H2,1H3,(H,24,27). The Bertz CT molecular complexity index is 907. The number of piperidine rings is 1. The molecule has 0 unspecified atom stereocenters. The summed E-state index contributed by atoms with van der Waals surface area (Å²) in [6.07, 6.45) is 4.72. The second-order valence-corrected chi connectivity index (χ2v) is 7.44. The number of imidazole rings is 1. The number of nitrogens with zero attached hydrogens (tertiary/aromatic N) is 3. The van der Waals surface area contributed by atoms with E-state index in [4.69, 9.17) is 0 Å². The van der Waals surface area contributed by atoms with Crippen molar-refractivity contribution in [1.82, 2.24) is 9.55 Å². The number of amides is 1. The number of nitrogens with one attached hydrogen (secondary N) is 1. The molecule has 0 radical (unpaired) electrons. The van der Waals surface area contributed by atoms with Crippen LogP contribution < -0.4 is 10.2 Å². The molecule has 1 aliphatic heterocycles. The van der Waals surface area contributed by atoms with Crippen LogP contribution in [-0.2, 0) is 11.3 Å². The summed E-state index contributed by atoms with van der Waals surface area (Å²) in [6, 6.07) is 16.2. The number of benzene rings is 2. The average molecular weight is 362 g/mol. The van der Waals surface area contributed by atoms with Gasteiger partial charge in [0, 0.05) is 37.4 Å². The van der Waals surface area contributed by atoms with E-state index in [-0.39, 0.29) is 5.91 Å². The highest BCUT2D eigenvalue weighted by atomic mass is 16.1. The lowest BCUT2D eigenvalue weighted by molar-refractivity contribution is -0.116. The van der Waals surface area contributed by atoms with E-state index in [1.165, 1.54) is 18.5 Å². The Balaban J connectivity index is 1.31. The number of hydrogen-bond donors (Lipinski definition) is 1. The third-order valence-electron chi connectivity index (χ3n) is 5.41. The third-order valence-corrected chi connectivity index (χ3v) is 5.41. The Morgan fingerprint density at radius 2 is 1.85 bits per heavy atom. The molecule has 5 nitrogen and oxygen atoms in total. The van der Waals surface area contributed by atoms with Gasteiger partial charge in [-0.15, -0.1) is 0 Å². The number of para-hydroxylation sites is 2. The number of anilines is 2. The highest BCUT2D eigenvalue weighted by Crippen LogP contribution is 2.24. The molecule has 1 fully saturated rings. The van der Waals surface area contributed by atoms with E-state index in [0.29, 0.717) is 13.0 Å². The minimum atomic E-state index is 0.0207. The molecule has 2 aromatic carbocycles. The van der Waals surface area contributed by atoms with Gasteiger partial charge in [-0.05, 0) is 55.2 Å². The van der Waals surface area contributed by atoms with Crippen LogP contribution in [0.3, 0.4) is 0 Å². The molecule has 5 heteroatoms. The molecule has 0 spiro atoms. The van der Waals surface area contributed by atoms with Crippen molar-refractivity contribution in [3.63, 3.8) is 0 Å². The van der Waals surface area contributed by atoms with Crippen molar-refractivity contribution in [3.8, 4) is 0 Å². The van der Waals surface area contributed by atoms with Crippen molar-refractivity contribution in [1.29, 1.82) is 0 Å². The Labute approximate surface area is 160 Å². The van der Waals surface area contributed by atoms with E-state index in [9.17, 15) is 4.79 Å². The Morgan fingerprint density at radius 1 is 1.11 bits per heavy atom. The first-order valence-corrected chi connectivity index (χ1v) is 9.74. The molecule has 3 aromatic rings. The topological polar surface area (TPSA) is 50.2 Å². The SMILES string of the molecule is CC1CCN(c2ccc(NC(=O)CCn3cnc4ccccc43)cc2)CC1. The van der Waals surface area contributed by atoms with Gasteiger partial charge in [-0.1, -0.05) is 19.1 Å². The number of aromatic nitrogens is 2. The lowest BCUT2D eigenvalue weighted by atomic mass is 9.99. The first-order valence-electron chi connectivity index (χ1n) is 9.74. The highest BCUT2D eigenvalue weighted by Gasteiger charge is 2.16. The summed E-state index contributed by atoms with van der Waals surface area (Å²) in [7, 11) is 0. The molecule has 27 heavy (non-hydrogen) atoms. The predicted octanol–water partition coefficient (Wildman–Crippen LogP) is 4.30. The maximum absolute atomic E-state index is 12.3. The molecule has 0 bridgehead atoms. The van der Waals surface area contributed by atoms with Gasteiger partial charge < -0.3 is 14.8 Å². The normalized spacial score (nSPS) is 15.2. The predicted molar refractivity (Wildman–Crippen MR) is 110 cm³/mol. The van der Waals surface area contributed by atoms with Crippen LogP contribution in [0.2, 0.25) is 0 Å². The van der Waals surface area contributed by atoms with Gasteiger partial charge in [0.05, 0.1) is 17.4 Å². The van der Waals surface area contributed by atoms with Crippen molar-refractivity contribution < 1.29 is 4.79 Å². The Hall–Kier alpha value is -2.82. The average Bonchev–Trinajstić information content (AvgIpc) is 3.11. The van der Waals surface area contributed by atoms with Crippen molar-refractivity contribution in [2.24, 2.45) is 5.92 Å². The van der Waals surface area contributed by atoms with Gasteiger partial charge in [0.25, 0.3) is 0 Å². The van der Waals surface area contributed by atoms with E-state index in [1.807, 2.05) is 41.0 Å². The van der Waals surface area contributed by atoms with Crippen LogP contribution in [0.4, 0.5) is 11.4 Å². The number of fused-ring (bicyclic) bond motifs is 1. The summed E-state index contributed by atoms with van der Waals surface area (Å²) in [5.74, 6) is 0.847. The molecule has 1 amide bonds. The van der Waals surface area contributed by atoms with E-state index in [2.05, 4.69) is 34.3 Å². The first-order chi connectivity index (χ1) is 13.2. The van der Waals surface area contributed by atoms with E-state index in [0.717, 1.165) is 35.7 Å². The fourth-order valence-corrected chi connectivity index (χ4v) is 3.66. The van der Waals surface area contributed by atoms with E-state index in [1.54, 1.807) is 6.33 Å². The van der Waals surface area contributed by atoms with Crippen LogP contribution in [0.15, 0.2) is 54.9 Å². The third kappa shape index (κ3) is 4.13. The molecule has 1 aromatic heterocycles. The summed E-state index contributed by atoms with van der Waals surface area (Å²) >= 11 is 0. The van der Waals surface area contributed by atoms with Crippen LogP contribution in [0.1, 0.15) is 26.2 Å². The van der Waals surface area contributed by atoms with Gasteiger partial charge in [-0.3, -0.25) is 4.79 Å². The maximum Gasteiger partial charge on any atom is 0.226 e. The number of carbonyl (C=O) groups excluding carboxylic acids is 1. The number of carbonyl (C=O) groups is 1. The zero-order valence-electron chi connectivity index (χ0n) is 15.8. The number of hydrogen-bond acceptors (Lipinski definition) is 3. The van der Waals surface area contributed by atoms with Crippen molar-refractivity contribution in [2.75, 3.05) is 23.3 Å². The molecule has 2 heterocycles. The van der Waals surface area contributed by atoms with Crippen LogP contribution in [0, 0.1) is 5.92 Å². The zero-order valence-corrected chi connectivity index (χ0v) is 15.8. The van der Waals surface area contributed by atoms with Gasteiger partial charge in [-0.2, -0.15) is 0 Å². The molecule has 1 N–H and O–H groups in total. The zero-order chi connectivity index (χ0) is 18.6. The van der Waals surface area contributed by atoms with E-state index >= 15 is 0 Å². The number of rotatable bonds is 5.